The zero-order chi connectivity index (χ0) is 16.2. The maximum Gasteiger partial charge on any atom is 0.228 e. The molecule has 0 saturated carbocycles. The second-order valence-corrected chi connectivity index (χ2v) is 5.54. The van der Waals surface area contributed by atoms with Crippen LogP contribution in [0, 0.1) is 6.92 Å². The molecule has 1 amide bonds. The zero-order valence-corrected chi connectivity index (χ0v) is 13.2. The van der Waals surface area contributed by atoms with E-state index in [1.165, 1.54) is 6.33 Å². The molecule has 0 fully saturated rings. The number of aromatic nitrogens is 4. The lowest BCUT2D eigenvalue weighted by molar-refractivity contribution is -0.115. The van der Waals surface area contributed by atoms with Crippen molar-refractivity contribution in [2.45, 2.75) is 13.3 Å². The van der Waals surface area contributed by atoms with Gasteiger partial charge in [-0.15, -0.1) is 5.10 Å². The maximum absolute atomic E-state index is 12.2. The number of rotatable bonds is 4. The van der Waals surface area contributed by atoms with Crippen LogP contribution in [0.25, 0.3) is 5.69 Å². The number of anilines is 1. The van der Waals surface area contributed by atoms with Crippen molar-refractivity contribution < 1.29 is 4.79 Å². The summed E-state index contributed by atoms with van der Waals surface area (Å²) in [6.45, 7) is 1.95. The van der Waals surface area contributed by atoms with Gasteiger partial charge >= 0.3 is 0 Å². The largest absolute Gasteiger partial charge is 0.326 e. The molecule has 0 atom stereocenters. The van der Waals surface area contributed by atoms with Crippen LogP contribution in [0.5, 0.6) is 0 Å². The van der Waals surface area contributed by atoms with Gasteiger partial charge in [0.25, 0.3) is 0 Å². The maximum atomic E-state index is 12.2. The number of carbonyl (C=O) groups excluding carboxylic acids is 1. The number of nitrogens with zero attached hydrogens (tertiary/aromatic N) is 4. The summed E-state index contributed by atoms with van der Waals surface area (Å²) in [6.07, 6.45) is 1.80. The lowest BCUT2D eigenvalue weighted by atomic mass is 10.1. The van der Waals surface area contributed by atoms with Gasteiger partial charge in [0, 0.05) is 10.7 Å². The summed E-state index contributed by atoms with van der Waals surface area (Å²) in [7, 11) is 0. The Morgan fingerprint density at radius 3 is 2.70 bits per heavy atom. The van der Waals surface area contributed by atoms with Crippen molar-refractivity contribution in [3.63, 3.8) is 0 Å². The highest BCUT2D eigenvalue weighted by Gasteiger charge is 2.08. The standard InChI is InChI=1S/C16H14ClN5O/c1-11-2-7-14(9-15(11)22-10-18-20-21-22)19-16(23)8-12-3-5-13(17)6-4-12/h2-7,9-10H,8H2,1H3,(H,19,23). The van der Waals surface area contributed by atoms with E-state index in [0.717, 1.165) is 16.8 Å². The Bertz CT molecular complexity index is 815. The molecule has 3 rings (SSSR count). The second kappa shape index (κ2) is 6.58. The molecule has 116 valence electrons. The Labute approximate surface area is 138 Å². The van der Waals surface area contributed by atoms with Gasteiger partial charge in [-0.1, -0.05) is 29.8 Å². The molecule has 3 aromatic rings. The summed E-state index contributed by atoms with van der Waals surface area (Å²) < 4.78 is 1.56. The van der Waals surface area contributed by atoms with Gasteiger partial charge in [0.1, 0.15) is 6.33 Å². The highest BCUT2D eigenvalue weighted by molar-refractivity contribution is 6.30. The normalized spacial score (nSPS) is 10.5. The summed E-state index contributed by atoms with van der Waals surface area (Å²) in [5.74, 6) is -0.0983. The number of amides is 1. The van der Waals surface area contributed by atoms with Gasteiger partial charge in [-0.05, 0) is 52.7 Å². The highest BCUT2D eigenvalue weighted by atomic mass is 35.5. The SMILES string of the molecule is Cc1ccc(NC(=O)Cc2ccc(Cl)cc2)cc1-n1cnnn1. The number of carbonyl (C=O) groups is 1. The summed E-state index contributed by atoms with van der Waals surface area (Å²) >= 11 is 5.84. The van der Waals surface area contributed by atoms with Crippen molar-refractivity contribution in [2.75, 3.05) is 5.32 Å². The molecule has 23 heavy (non-hydrogen) atoms. The molecule has 1 aromatic heterocycles. The molecular weight excluding hydrogens is 314 g/mol. The number of aryl methyl sites for hydroxylation is 1. The first-order chi connectivity index (χ1) is 11.1. The minimum Gasteiger partial charge on any atom is -0.326 e. The van der Waals surface area contributed by atoms with Gasteiger partial charge in [-0.25, -0.2) is 4.68 Å². The predicted molar refractivity (Wildman–Crippen MR) is 87.7 cm³/mol. The number of hydrogen-bond acceptors (Lipinski definition) is 4. The third-order valence-electron chi connectivity index (χ3n) is 3.37. The van der Waals surface area contributed by atoms with Crippen LogP contribution in [-0.2, 0) is 11.2 Å². The van der Waals surface area contributed by atoms with Gasteiger partial charge in [-0.2, -0.15) is 0 Å². The quantitative estimate of drug-likeness (QED) is 0.799. The van der Waals surface area contributed by atoms with E-state index in [9.17, 15) is 4.79 Å². The smallest absolute Gasteiger partial charge is 0.228 e. The molecule has 7 heteroatoms. The first-order valence-corrected chi connectivity index (χ1v) is 7.38. The number of nitrogens with one attached hydrogen (secondary N) is 1. The van der Waals surface area contributed by atoms with E-state index in [0.29, 0.717) is 10.7 Å². The van der Waals surface area contributed by atoms with Crippen molar-refractivity contribution >= 4 is 23.2 Å². The van der Waals surface area contributed by atoms with Crippen molar-refractivity contribution in [1.82, 2.24) is 20.2 Å². The Morgan fingerprint density at radius 2 is 2.00 bits per heavy atom. The third kappa shape index (κ3) is 3.73. The molecule has 6 nitrogen and oxygen atoms in total. The van der Waals surface area contributed by atoms with E-state index in [-0.39, 0.29) is 12.3 Å². The summed E-state index contributed by atoms with van der Waals surface area (Å²) in [4.78, 5) is 12.2. The van der Waals surface area contributed by atoms with Crippen LogP contribution < -0.4 is 5.32 Å². The monoisotopic (exact) mass is 327 g/mol. The zero-order valence-electron chi connectivity index (χ0n) is 12.4. The Balaban J connectivity index is 1.74. The van der Waals surface area contributed by atoms with Crippen LogP contribution >= 0.6 is 11.6 Å². The number of halogens is 1. The minimum atomic E-state index is -0.0983. The van der Waals surface area contributed by atoms with E-state index in [1.54, 1.807) is 16.8 Å². The lowest BCUT2D eigenvalue weighted by Gasteiger charge is -2.09. The average Bonchev–Trinajstić information content (AvgIpc) is 3.06. The van der Waals surface area contributed by atoms with Crippen molar-refractivity contribution in [3.8, 4) is 5.69 Å². The second-order valence-electron chi connectivity index (χ2n) is 5.11. The van der Waals surface area contributed by atoms with E-state index in [2.05, 4.69) is 20.8 Å². The molecule has 0 saturated heterocycles. The van der Waals surface area contributed by atoms with Gasteiger partial charge in [0.15, 0.2) is 0 Å². The molecular formula is C16H14ClN5O. The number of benzene rings is 2. The first-order valence-electron chi connectivity index (χ1n) is 7.00. The lowest BCUT2D eigenvalue weighted by Crippen LogP contribution is -2.14. The van der Waals surface area contributed by atoms with Crippen molar-refractivity contribution in [3.05, 3.63) is 64.9 Å². The fourth-order valence-electron chi connectivity index (χ4n) is 2.20. The molecule has 0 aliphatic heterocycles. The van der Waals surface area contributed by atoms with Crippen LogP contribution in [0.1, 0.15) is 11.1 Å². The third-order valence-corrected chi connectivity index (χ3v) is 3.62. The van der Waals surface area contributed by atoms with Crippen LogP contribution in [-0.4, -0.2) is 26.1 Å². The van der Waals surface area contributed by atoms with Crippen LogP contribution in [0.4, 0.5) is 5.69 Å². The number of hydrogen-bond donors (Lipinski definition) is 1. The van der Waals surface area contributed by atoms with Crippen molar-refractivity contribution in [1.29, 1.82) is 0 Å². The molecule has 1 N–H and O–H groups in total. The van der Waals surface area contributed by atoms with Crippen LogP contribution in [0.3, 0.4) is 0 Å². The first kappa shape index (κ1) is 15.2. The molecule has 0 bridgehead atoms. The number of tetrazole rings is 1. The molecule has 1 heterocycles. The van der Waals surface area contributed by atoms with Gasteiger partial charge in [0.2, 0.25) is 5.91 Å². The Morgan fingerprint density at radius 1 is 1.22 bits per heavy atom. The summed E-state index contributed by atoms with van der Waals surface area (Å²) in [5, 5.41) is 14.7. The fourth-order valence-corrected chi connectivity index (χ4v) is 2.32. The van der Waals surface area contributed by atoms with E-state index < -0.39 is 0 Å². The fraction of sp³-hybridized carbons (Fsp3) is 0.125. The topological polar surface area (TPSA) is 72.7 Å². The average molecular weight is 328 g/mol. The Hall–Kier alpha value is -2.73. The molecule has 0 radical (unpaired) electrons. The molecule has 0 spiro atoms. The minimum absolute atomic E-state index is 0.0983. The van der Waals surface area contributed by atoms with Crippen LogP contribution in [0.2, 0.25) is 5.02 Å². The van der Waals surface area contributed by atoms with E-state index >= 15 is 0 Å². The summed E-state index contributed by atoms with van der Waals surface area (Å²) in [5.41, 5.74) is 3.42. The molecule has 0 aliphatic rings. The van der Waals surface area contributed by atoms with Gasteiger partial charge in [-0.3, -0.25) is 4.79 Å². The van der Waals surface area contributed by atoms with Crippen LogP contribution in [0.15, 0.2) is 48.8 Å². The summed E-state index contributed by atoms with van der Waals surface area (Å²) in [6, 6.07) is 12.8. The van der Waals surface area contributed by atoms with Gasteiger partial charge < -0.3 is 5.32 Å². The molecule has 2 aromatic carbocycles. The molecule has 0 unspecified atom stereocenters. The molecule has 0 aliphatic carbocycles. The Kier molecular flexibility index (Phi) is 4.34. The highest BCUT2D eigenvalue weighted by Crippen LogP contribution is 2.18. The van der Waals surface area contributed by atoms with Gasteiger partial charge in [0.05, 0.1) is 12.1 Å². The van der Waals surface area contributed by atoms with Crippen molar-refractivity contribution in [2.24, 2.45) is 0 Å². The van der Waals surface area contributed by atoms with E-state index in [4.69, 9.17) is 11.6 Å². The van der Waals surface area contributed by atoms with E-state index in [1.807, 2.05) is 37.3 Å². The predicted octanol–water partition coefficient (Wildman–Crippen LogP) is 2.81.